The zero-order chi connectivity index (χ0) is 16.0. The second-order valence-electron chi connectivity index (χ2n) is 4.72. The highest BCUT2D eigenvalue weighted by molar-refractivity contribution is 7.80. The number of carboxylic acids is 1. The maximum Gasteiger partial charge on any atom is 0.326 e. The number of aliphatic carboxylic acids is 1. The van der Waals surface area contributed by atoms with Crippen LogP contribution in [-0.2, 0) is 4.79 Å². The zero-order valence-corrected chi connectivity index (χ0v) is 12.9. The second-order valence-corrected chi connectivity index (χ2v) is 5.12. The fourth-order valence-corrected chi connectivity index (χ4v) is 1.83. The first kappa shape index (κ1) is 16.9. The Balaban J connectivity index is 2.64. The number of hydrogen-bond acceptors (Lipinski definition) is 4. The summed E-state index contributed by atoms with van der Waals surface area (Å²) in [6.07, 6.45) is 0. The Morgan fingerprint density at radius 3 is 2.24 bits per heavy atom. The molecule has 0 heterocycles. The average molecular weight is 310 g/mol. The van der Waals surface area contributed by atoms with E-state index in [1.807, 2.05) is 0 Å². The van der Waals surface area contributed by atoms with Crippen molar-refractivity contribution in [2.75, 3.05) is 7.11 Å². The van der Waals surface area contributed by atoms with Crippen LogP contribution in [0.3, 0.4) is 0 Å². The number of carboxylic acid groups (broad SMARTS) is 1. The molecular weight excluding hydrogens is 292 g/mol. The van der Waals surface area contributed by atoms with Crippen LogP contribution in [0.15, 0.2) is 24.3 Å². The first-order valence-corrected chi connectivity index (χ1v) is 6.74. The molecule has 0 aliphatic heterocycles. The van der Waals surface area contributed by atoms with Gasteiger partial charge in [0.15, 0.2) is 5.11 Å². The highest BCUT2D eigenvalue weighted by atomic mass is 32.1. The van der Waals surface area contributed by atoms with Crippen molar-refractivity contribution >= 4 is 29.2 Å². The summed E-state index contributed by atoms with van der Waals surface area (Å²) in [6.45, 7) is 3.50. The number of benzene rings is 1. The summed E-state index contributed by atoms with van der Waals surface area (Å²) < 4.78 is 5.00. The minimum Gasteiger partial charge on any atom is -0.497 e. The second kappa shape index (κ2) is 7.58. The van der Waals surface area contributed by atoms with E-state index in [9.17, 15) is 9.59 Å². The summed E-state index contributed by atoms with van der Waals surface area (Å²) >= 11 is 4.96. The molecule has 0 saturated heterocycles. The normalized spacial score (nSPS) is 11.6. The van der Waals surface area contributed by atoms with Gasteiger partial charge in [0.1, 0.15) is 11.8 Å². The van der Waals surface area contributed by atoms with E-state index in [2.05, 4.69) is 10.6 Å². The molecule has 0 aromatic heterocycles. The Labute approximate surface area is 128 Å². The van der Waals surface area contributed by atoms with Gasteiger partial charge in [-0.15, -0.1) is 0 Å². The molecule has 0 fully saturated rings. The number of methoxy groups -OCH3 is 1. The van der Waals surface area contributed by atoms with Crippen molar-refractivity contribution in [3.05, 3.63) is 29.8 Å². The van der Waals surface area contributed by atoms with Gasteiger partial charge in [-0.1, -0.05) is 13.8 Å². The predicted octanol–water partition coefficient (Wildman–Crippen LogP) is 1.41. The smallest absolute Gasteiger partial charge is 0.326 e. The number of rotatable bonds is 5. The van der Waals surface area contributed by atoms with Gasteiger partial charge >= 0.3 is 5.97 Å². The van der Waals surface area contributed by atoms with Crippen molar-refractivity contribution in [2.24, 2.45) is 5.92 Å². The van der Waals surface area contributed by atoms with E-state index in [1.165, 1.54) is 7.11 Å². The lowest BCUT2D eigenvalue weighted by Crippen LogP contribution is -2.49. The number of carbonyl (C=O) groups is 2. The number of nitrogens with one attached hydrogen (secondary N) is 2. The number of ether oxygens (including phenoxy) is 1. The van der Waals surface area contributed by atoms with Crippen LogP contribution in [0.4, 0.5) is 0 Å². The Morgan fingerprint density at radius 2 is 1.81 bits per heavy atom. The molecule has 0 spiro atoms. The van der Waals surface area contributed by atoms with E-state index in [0.29, 0.717) is 11.3 Å². The van der Waals surface area contributed by atoms with E-state index < -0.39 is 17.9 Å². The van der Waals surface area contributed by atoms with Crippen molar-refractivity contribution in [1.29, 1.82) is 0 Å². The standard InChI is InChI=1S/C14H18N2O4S/c1-8(2)11(13(18)19)15-14(21)16-12(17)9-4-6-10(20-3)7-5-9/h4-8,11H,1-3H3,(H,18,19)(H2,15,16,17,21)/t11-/m0/s1. The van der Waals surface area contributed by atoms with Gasteiger partial charge in [-0.05, 0) is 42.4 Å². The molecule has 0 aliphatic carbocycles. The lowest BCUT2D eigenvalue weighted by Gasteiger charge is -2.19. The van der Waals surface area contributed by atoms with Crippen molar-refractivity contribution in [3.8, 4) is 5.75 Å². The first-order chi connectivity index (χ1) is 9.85. The molecule has 114 valence electrons. The molecule has 3 N–H and O–H groups in total. The fourth-order valence-electron chi connectivity index (χ4n) is 1.61. The van der Waals surface area contributed by atoms with E-state index in [4.69, 9.17) is 22.1 Å². The van der Waals surface area contributed by atoms with E-state index in [1.54, 1.807) is 38.1 Å². The van der Waals surface area contributed by atoms with Gasteiger partial charge in [-0.3, -0.25) is 10.1 Å². The van der Waals surface area contributed by atoms with Gasteiger partial charge < -0.3 is 15.2 Å². The molecule has 1 aromatic carbocycles. The minimum absolute atomic E-state index is 0.0167. The molecule has 0 radical (unpaired) electrons. The molecule has 1 amide bonds. The monoisotopic (exact) mass is 310 g/mol. The molecule has 0 aliphatic rings. The highest BCUT2D eigenvalue weighted by Crippen LogP contribution is 2.11. The van der Waals surface area contributed by atoms with Gasteiger partial charge in [0.25, 0.3) is 5.91 Å². The largest absolute Gasteiger partial charge is 0.497 e. The maximum atomic E-state index is 11.9. The number of amides is 1. The van der Waals surface area contributed by atoms with Crippen LogP contribution in [0.1, 0.15) is 24.2 Å². The zero-order valence-electron chi connectivity index (χ0n) is 12.0. The minimum atomic E-state index is -1.02. The molecule has 1 rings (SSSR count). The van der Waals surface area contributed by atoms with Crippen LogP contribution in [0, 0.1) is 5.92 Å². The lowest BCUT2D eigenvalue weighted by atomic mass is 10.1. The highest BCUT2D eigenvalue weighted by Gasteiger charge is 2.22. The summed E-state index contributed by atoms with van der Waals surface area (Å²) in [5.74, 6) is -0.967. The van der Waals surface area contributed by atoms with Crippen LogP contribution in [0.25, 0.3) is 0 Å². The predicted molar refractivity (Wildman–Crippen MR) is 82.5 cm³/mol. The molecule has 1 aromatic rings. The Morgan fingerprint density at radius 1 is 1.24 bits per heavy atom. The summed E-state index contributed by atoms with van der Waals surface area (Å²) in [5.41, 5.74) is 0.399. The van der Waals surface area contributed by atoms with Crippen molar-refractivity contribution in [3.63, 3.8) is 0 Å². The molecule has 21 heavy (non-hydrogen) atoms. The van der Waals surface area contributed by atoms with Crippen molar-refractivity contribution in [1.82, 2.24) is 10.6 Å². The Kier molecular flexibility index (Phi) is 6.10. The molecule has 1 atom stereocenters. The topological polar surface area (TPSA) is 87.7 Å². The van der Waals surface area contributed by atoms with E-state index in [-0.39, 0.29) is 11.0 Å². The van der Waals surface area contributed by atoms with Gasteiger partial charge in [-0.2, -0.15) is 0 Å². The molecular formula is C14H18N2O4S. The van der Waals surface area contributed by atoms with E-state index >= 15 is 0 Å². The Hall–Kier alpha value is -2.15. The van der Waals surface area contributed by atoms with Crippen LogP contribution in [0.5, 0.6) is 5.75 Å². The average Bonchev–Trinajstić information content (AvgIpc) is 2.44. The third-order valence-electron chi connectivity index (χ3n) is 2.80. The molecule has 0 saturated carbocycles. The number of carbonyl (C=O) groups excluding carboxylic acids is 1. The molecule has 6 nitrogen and oxygen atoms in total. The summed E-state index contributed by atoms with van der Waals surface area (Å²) in [5, 5.41) is 14.1. The van der Waals surface area contributed by atoms with Gasteiger partial charge in [0.05, 0.1) is 7.11 Å². The van der Waals surface area contributed by atoms with Gasteiger partial charge in [0.2, 0.25) is 0 Å². The summed E-state index contributed by atoms with van der Waals surface area (Å²) in [6, 6.07) is 5.63. The third-order valence-corrected chi connectivity index (χ3v) is 3.02. The van der Waals surface area contributed by atoms with Crippen LogP contribution < -0.4 is 15.4 Å². The fraction of sp³-hybridized carbons (Fsp3) is 0.357. The lowest BCUT2D eigenvalue weighted by molar-refractivity contribution is -0.140. The third kappa shape index (κ3) is 5.03. The SMILES string of the molecule is COc1ccc(C(=O)NC(=S)N[C@H](C(=O)O)C(C)C)cc1. The number of hydrogen-bond donors (Lipinski definition) is 3. The maximum absolute atomic E-state index is 11.9. The van der Waals surface area contributed by atoms with Crippen LogP contribution >= 0.6 is 12.2 Å². The molecule has 7 heteroatoms. The molecule has 0 bridgehead atoms. The van der Waals surface area contributed by atoms with Gasteiger partial charge in [-0.25, -0.2) is 4.79 Å². The summed E-state index contributed by atoms with van der Waals surface area (Å²) in [4.78, 5) is 23.0. The van der Waals surface area contributed by atoms with Crippen molar-refractivity contribution in [2.45, 2.75) is 19.9 Å². The van der Waals surface area contributed by atoms with Crippen LogP contribution in [-0.4, -0.2) is 35.2 Å². The first-order valence-electron chi connectivity index (χ1n) is 6.34. The quantitative estimate of drug-likeness (QED) is 0.713. The Bertz CT molecular complexity index is 528. The van der Waals surface area contributed by atoms with Gasteiger partial charge in [0, 0.05) is 5.56 Å². The van der Waals surface area contributed by atoms with E-state index in [0.717, 1.165) is 0 Å². The summed E-state index contributed by atoms with van der Waals surface area (Å²) in [7, 11) is 1.53. The van der Waals surface area contributed by atoms with Crippen LogP contribution in [0.2, 0.25) is 0 Å². The molecule has 0 unspecified atom stereocenters. The number of thiocarbonyl (C=S) groups is 1. The van der Waals surface area contributed by atoms with Crippen molar-refractivity contribution < 1.29 is 19.4 Å².